The maximum atomic E-state index is 11.7. The molecule has 1 amide bonds. The van der Waals surface area contributed by atoms with E-state index in [2.05, 4.69) is 5.32 Å². The molecule has 1 aromatic rings. The zero-order valence-corrected chi connectivity index (χ0v) is 11.1. The van der Waals surface area contributed by atoms with Crippen molar-refractivity contribution in [2.24, 2.45) is 0 Å². The van der Waals surface area contributed by atoms with Crippen LogP contribution >= 0.6 is 0 Å². The van der Waals surface area contributed by atoms with Gasteiger partial charge in [0.1, 0.15) is 6.42 Å². The number of benzene rings is 1. The summed E-state index contributed by atoms with van der Waals surface area (Å²) in [5, 5.41) is 2.78. The fourth-order valence-corrected chi connectivity index (χ4v) is 1.73. The van der Waals surface area contributed by atoms with Crippen molar-refractivity contribution in [2.45, 2.75) is 33.6 Å². The van der Waals surface area contributed by atoms with Crippen molar-refractivity contribution in [1.82, 2.24) is 0 Å². The summed E-state index contributed by atoms with van der Waals surface area (Å²) in [7, 11) is 0. The standard InChI is InChI=1S/C14H19NO3/c1-4-11-8-6-7-10(3)14(11)15-12(16)9-13(17)18-5-2/h6-8H,4-5,9H2,1-3H3,(H,15,16). The number of rotatable bonds is 5. The average Bonchev–Trinajstić information content (AvgIpc) is 2.31. The van der Waals surface area contributed by atoms with Gasteiger partial charge < -0.3 is 10.1 Å². The van der Waals surface area contributed by atoms with Gasteiger partial charge in [-0.25, -0.2) is 0 Å². The van der Waals surface area contributed by atoms with Gasteiger partial charge in [0.2, 0.25) is 5.91 Å². The van der Waals surface area contributed by atoms with Gasteiger partial charge in [-0.1, -0.05) is 25.1 Å². The van der Waals surface area contributed by atoms with Crippen molar-refractivity contribution in [1.29, 1.82) is 0 Å². The summed E-state index contributed by atoms with van der Waals surface area (Å²) in [5.41, 5.74) is 2.85. The van der Waals surface area contributed by atoms with Crippen molar-refractivity contribution in [3.8, 4) is 0 Å². The molecule has 0 heterocycles. The first-order valence-electron chi connectivity index (χ1n) is 6.12. The summed E-state index contributed by atoms with van der Waals surface area (Å²) in [6.07, 6.45) is 0.585. The van der Waals surface area contributed by atoms with Crippen LogP contribution in [-0.4, -0.2) is 18.5 Å². The maximum absolute atomic E-state index is 11.7. The highest BCUT2D eigenvalue weighted by Gasteiger charge is 2.13. The maximum Gasteiger partial charge on any atom is 0.315 e. The van der Waals surface area contributed by atoms with E-state index in [0.717, 1.165) is 23.2 Å². The highest BCUT2D eigenvalue weighted by molar-refractivity contribution is 6.02. The molecule has 0 aliphatic carbocycles. The number of para-hydroxylation sites is 1. The lowest BCUT2D eigenvalue weighted by molar-refractivity contribution is -0.145. The van der Waals surface area contributed by atoms with Crippen LogP contribution in [0.25, 0.3) is 0 Å². The lowest BCUT2D eigenvalue weighted by atomic mass is 10.1. The number of carbonyl (C=O) groups is 2. The molecule has 4 heteroatoms. The molecule has 0 unspecified atom stereocenters. The highest BCUT2D eigenvalue weighted by atomic mass is 16.5. The highest BCUT2D eigenvalue weighted by Crippen LogP contribution is 2.21. The Balaban J connectivity index is 2.72. The van der Waals surface area contributed by atoms with Crippen LogP contribution in [-0.2, 0) is 20.7 Å². The van der Waals surface area contributed by atoms with E-state index in [4.69, 9.17) is 4.74 Å². The summed E-state index contributed by atoms with van der Waals surface area (Å²) in [4.78, 5) is 22.9. The smallest absolute Gasteiger partial charge is 0.315 e. The molecule has 0 aromatic heterocycles. The van der Waals surface area contributed by atoms with Crippen LogP contribution in [0.2, 0.25) is 0 Å². The van der Waals surface area contributed by atoms with E-state index in [9.17, 15) is 9.59 Å². The van der Waals surface area contributed by atoms with Gasteiger partial charge in [0.25, 0.3) is 0 Å². The number of anilines is 1. The van der Waals surface area contributed by atoms with Crippen LogP contribution < -0.4 is 5.32 Å². The molecular formula is C14H19NO3. The lowest BCUT2D eigenvalue weighted by Crippen LogP contribution is -2.19. The monoisotopic (exact) mass is 249 g/mol. The molecular weight excluding hydrogens is 230 g/mol. The molecule has 0 radical (unpaired) electrons. The van der Waals surface area contributed by atoms with Crippen molar-refractivity contribution >= 4 is 17.6 Å². The first-order valence-corrected chi connectivity index (χ1v) is 6.12. The number of aryl methyl sites for hydroxylation is 2. The van der Waals surface area contributed by atoms with E-state index in [1.54, 1.807) is 6.92 Å². The predicted molar refractivity (Wildman–Crippen MR) is 70.4 cm³/mol. The molecule has 4 nitrogen and oxygen atoms in total. The molecule has 1 aromatic carbocycles. The van der Waals surface area contributed by atoms with Gasteiger partial charge in [0.05, 0.1) is 6.61 Å². The first kappa shape index (κ1) is 14.2. The molecule has 0 bridgehead atoms. The SMILES string of the molecule is CCOC(=O)CC(=O)Nc1c(C)cccc1CC. The summed E-state index contributed by atoms with van der Waals surface area (Å²) in [6.45, 7) is 5.96. The Labute approximate surface area is 107 Å². The molecule has 18 heavy (non-hydrogen) atoms. The summed E-state index contributed by atoms with van der Waals surface area (Å²) >= 11 is 0. The Bertz CT molecular complexity index is 441. The molecule has 0 atom stereocenters. The third kappa shape index (κ3) is 3.87. The van der Waals surface area contributed by atoms with Crippen molar-refractivity contribution in [3.05, 3.63) is 29.3 Å². The fraction of sp³-hybridized carbons (Fsp3) is 0.429. The van der Waals surface area contributed by atoms with E-state index in [-0.39, 0.29) is 18.9 Å². The lowest BCUT2D eigenvalue weighted by Gasteiger charge is -2.12. The van der Waals surface area contributed by atoms with Gasteiger partial charge in [0, 0.05) is 5.69 Å². The molecule has 0 spiro atoms. The Morgan fingerprint density at radius 3 is 2.61 bits per heavy atom. The normalized spacial score (nSPS) is 9.94. The van der Waals surface area contributed by atoms with Gasteiger partial charge in [-0.3, -0.25) is 9.59 Å². The minimum atomic E-state index is -0.498. The quantitative estimate of drug-likeness (QED) is 0.644. The van der Waals surface area contributed by atoms with Crippen LogP contribution in [0.1, 0.15) is 31.4 Å². The van der Waals surface area contributed by atoms with E-state index >= 15 is 0 Å². The topological polar surface area (TPSA) is 55.4 Å². The van der Waals surface area contributed by atoms with Crippen LogP contribution in [0.3, 0.4) is 0 Å². The third-order valence-corrected chi connectivity index (χ3v) is 2.61. The van der Waals surface area contributed by atoms with Crippen LogP contribution in [0.5, 0.6) is 0 Å². The molecule has 0 saturated carbocycles. The molecule has 1 rings (SSSR count). The second-order valence-electron chi connectivity index (χ2n) is 3.99. The first-order chi connectivity index (χ1) is 8.58. The second kappa shape index (κ2) is 6.79. The minimum absolute atomic E-state index is 0.245. The number of hydrogen-bond acceptors (Lipinski definition) is 3. The Morgan fingerprint density at radius 2 is 2.00 bits per heavy atom. The zero-order chi connectivity index (χ0) is 13.5. The fourth-order valence-electron chi connectivity index (χ4n) is 1.73. The van der Waals surface area contributed by atoms with E-state index in [1.807, 2.05) is 32.0 Å². The second-order valence-corrected chi connectivity index (χ2v) is 3.99. The number of esters is 1. The third-order valence-electron chi connectivity index (χ3n) is 2.61. The molecule has 0 aliphatic rings. The number of hydrogen-bond donors (Lipinski definition) is 1. The molecule has 0 saturated heterocycles. The summed E-state index contributed by atoms with van der Waals surface area (Å²) in [6, 6.07) is 5.85. The van der Waals surface area contributed by atoms with Crippen molar-refractivity contribution in [2.75, 3.05) is 11.9 Å². The largest absolute Gasteiger partial charge is 0.466 e. The zero-order valence-electron chi connectivity index (χ0n) is 11.1. The number of ether oxygens (including phenoxy) is 1. The van der Waals surface area contributed by atoms with Gasteiger partial charge in [-0.2, -0.15) is 0 Å². The van der Waals surface area contributed by atoms with Crippen LogP contribution in [0.4, 0.5) is 5.69 Å². The van der Waals surface area contributed by atoms with Gasteiger partial charge in [-0.05, 0) is 31.4 Å². The Hall–Kier alpha value is -1.84. The number of carbonyl (C=O) groups excluding carboxylic acids is 2. The Kier molecular flexibility index (Phi) is 5.36. The van der Waals surface area contributed by atoms with Crippen molar-refractivity contribution in [3.63, 3.8) is 0 Å². The van der Waals surface area contributed by atoms with Crippen molar-refractivity contribution < 1.29 is 14.3 Å². The molecule has 98 valence electrons. The average molecular weight is 249 g/mol. The number of nitrogens with one attached hydrogen (secondary N) is 1. The van der Waals surface area contributed by atoms with Gasteiger partial charge in [0.15, 0.2) is 0 Å². The summed E-state index contributed by atoms with van der Waals surface area (Å²) in [5.74, 6) is -0.834. The molecule has 1 N–H and O–H groups in total. The Morgan fingerprint density at radius 1 is 1.28 bits per heavy atom. The van der Waals surface area contributed by atoms with E-state index < -0.39 is 5.97 Å². The van der Waals surface area contributed by atoms with Gasteiger partial charge in [-0.15, -0.1) is 0 Å². The molecule has 0 aliphatic heterocycles. The summed E-state index contributed by atoms with van der Waals surface area (Å²) < 4.78 is 4.74. The number of amides is 1. The minimum Gasteiger partial charge on any atom is -0.466 e. The van der Waals surface area contributed by atoms with Crippen LogP contribution in [0, 0.1) is 6.92 Å². The van der Waals surface area contributed by atoms with E-state index in [0.29, 0.717) is 0 Å². The van der Waals surface area contributed by atoms with Gasteiger partial charge >= 0.3 is 5.97 Å². The predicted octanol–water partition coefficient (Wildman–Crippen LogP) is 2.45. The molecule has 0 fully saturated rings. The van der Waals surface area contributed by atoms with Crippen LogP contribution in [0.15, 0.2) is 18.2 Å². The van der Waals surface area contributed by atoms with E-state index in [1.165, 1.54) is 0 Å².